The van der Waals surface area contributed by atoms with Crippen molar-refractivity contribution in [2.75, 3.05) is 19.8 Å². The van der Waals surface area contributed by atoms with Gasteiger partial charge in [-0.2, -0.15) is 0 Å². The number of fused-ring (bicyclic) bond motifs is 7. The number of aromatic amines is 1. The number of hydrogen-bond donors (Lipinski definition) is 9. The molecule has 372 valence electrons. The number of carbonyl (C=O) groups excluding carboxylic acids is 1. The Morgan fingerprint density at radius 1 is 1.01 bits per heavy atom. The van der Waals surface area contributed by atoms with Gasteiger partial charge in [0.25, 0.3) is 0 Å². The van der Waals surface area contributed by atoms with Crippen molar-refractivity contribution in [2.45, 2.75) is 114 Å². The minimum Gasteiger partial charge on any atom is -0.508 e. The number of phenolic OH excluding ortho intramolecular Hbond substituents is 2. The van der Waals surface area contributed by atoms with E-state index < -0.39 is 60.7 Å². The van der Waals surface area contributed by atoms with Gasteiger partial charge in [-0.05, 0) is 105 Å². The van der Waals surface area contributed by atoms with Crippen molar-refractivity contribution >= 4 is 38.6 Å². The summed E-state index contributed by atoms with van der Waals surface area (Å²) in [7, 11) is 0. The quantitative estimate of drug-likeness (QED) is 0.0435. The molecule has 5 heterocycles. The van der Waals surface area contributed by atoms with Gasteiger partial charge >= 0.3 is 0 Å². The Balaban J connectivity index is 1.04. The van der Waals surface area contributed by atoms with Crippen LogP contribution in [0.25, 0.3) is 38.3 Å². The second kappa shape index (κ2) is 17.9. The molecule has 12 rings (SSSR count). The first-order chi connectivity index (χ1) is 34.2. The third-order valence-electron chi connectivity index (χ3n) is 16.6. The Morgan fingerprint density at radius 2 is 1.83 bits per heavy atom. The van der Waals surface area contributed by atoms with E-state index in [0.29, 0.717) is 75.4 Å². The Morgan fingerprint density at radius 3 is 2.62 bits per heavy atom. The number of rotatable bonds is 12. The van der Waals surface area contributed by atoms with E-state index in [1.165, 1.54) is 36.4 Å². The Hall–Kier alpha value is -6.16. The molecule has 0 radical (unpaired) electrons. The van der Waals surface area contributed by atoms with Crippen LogP contribution in [0.1, 0.15) is 74.5 Å². The number of aryl methyl sites for hydroxylation is 2. The largest absolute Gasteiger partial charge is 0.508 e. The number of aromatic hydroxyl groups is 2. The standard InChI is InChI=1S/C55H59N3O13/c1-3-42-36-14-18-56-41(36)26-58(42)47-49-33(20-38-44(62)19-29(2)69-50(38)47)21-46(55(70-49)17-13-31-6-4-5-30-11-15-53(16-12-30)40(39(31)24-55)25-57-52(53)66)71-68-28-54(67,51(65)48(64)45(63)27-59)23-32-7-10-43(61)35-9-8-34(60)22-37(32)35/h7-10,13-14,18-20,22,26,30,39-40,45-46,48,51,56,59-61,63-65,67H,3,5,11-12,15-17,21,23-25,27-28H2,1-2H3,(H,57,66)/t30?,39-,40+,45-,46-,48-,51+,53?,54+,55-/m1/s1. The van der Waals surface area contributed by atoms with Gasteiger partial charge in [0, 0.05) is 84.2 Å². The normalized spacial score (nSPS) is 26.9. The fraction of sp³-hybridized carbons (Fsp3) is 0.455. The van der Waals surface area contributed by atoms with Crippen LogP contribution in [0.5, 0.6) is 17.2 Å². The second-order valence-electron chi connectivity index (χ2n) is 20.7. The molecule has 3 aromatic heterocycles. The van der Waals surface area contributed by atoms with E-state index in [1.54, 1.807) is 13.0 Å². The number of ether oxygens (including phenoxy) is 1. The minimum absolute atomic E-state index is 0.0667. The lowest BCUT2D eigenvalue weighted by molar-refractivity contribution is -0.373. The van der Waals surface area contributed by atoms with E-state index in [9.17, 15) is 45.3 Å². The summed E-state index contributed by atoms with van der Waals surface area (Å²) >= 11 is 0. The van der Waals surface area contributed by atoms with Crippen LogP contribution >= 0.6 is 0 Å². The molecule has 16 nitrogen and oxygen atoms in total. The van der Waals surface area contributed by atoms with Gasteiger partial charge in [0.2, 0.25) is 5.91 Å². The molecule has 2 bridgehead atoms. The van der Waals surface area contributed by atoms with E-state index in [0.717, 1.165) is 54.3 Å². The third kappa shape index (κ3) is 7.81. The summed E-state index contributed by atoms with van der Waals surface area (Å²) in [5, 5.41) is 82.0. The summed E-state index contributed by atoms with van der Waals surface area (Å²) < 4.78 is 16.1. The van der Waals surface area contributed by atoms with E-state index in [-0.39, 0.29) is 47.5 Å². The zero-order valence-corrected chi connectivity index (χ0v) is 39.6. The molecule has 0 unspecified atom stereocenters. The number of hydrogen-bond acceptors (Lipinski definition) is 13. The first kappa shape index (κ1) is 47.2. The van der Waals surface area contributed by atoms with Crippen molar-refractivity contribution in [1.29, 1.82) is 0 Å². The summed E-state index contributed by atoms with van der Waals surface area (Å²) in [6.45, 7) is 2.53. The number of amides is 1. The first-order valence-corrected chi connectivity index (χ1v) is 24.7. The molecule has 6 aliphatic rings. The van der Waals surface area contributed by atoms with Crippen LogP contribution in [0.4, 0.5) is 0 Å². The van der Waals surface area contributed by atoms with Gasteiger partial charge in [-0.15, -0.1) is 0 Å². The van der Waals surface area contributed by atoms with Crippen LogP contribution < -0.4 is 15.5 Å². The maximum Gasteiger partial charge on any atom is 0.226 e. The number of nitrogens with zero attached hydrogens (tertiary/aromatic N) is 1. The minimum atomic E-state index is -2.44. The maximum absolute atomic E-state index is 14.0. The Bertz CT molecular complexity index is 3240. The Kier molecular flexibility index (Phi) is 11.9. The topological polar surface area (TPSA) is 249 Å². The molecular formula is C55H59N3O13. The molecule has 3 aromatic carbocycles. The lowest BCUT2D eigenvalue weighted by Gasteiger charge is -2.50. The van der Waals surface area contributed by atoms with Gasteiger partial charge in [0.05, 0.1) is 22.9 Å². The molecule has 9 N–H and O–H groups in total. The molecule has 1 amide bonds. The highest BCUT2D eigenvalue weighted by Crippen LogP contribution is 2.57. The van der Waals surface area contributed by atoms with Crippen molar-refractivity contribution in [3.8, 4) is 34.8 Å². The van der Waals surface area contributed by atoms with Crippen LogP contribution in [-0.2, 0) is 33.8 Å². The molecule has 8 atom stereocenters. The molecule has 4 aliphatic carbocycles. The van der Waals surface area contributed by atoms with E-state index in [4.69, 9.17) is 18.9 Å². The monoisotopic (exact) mass is 969 g/mol. The second-order valence-corrected chi connectivity index (χ2v) is 20.7. The van der Waals surface area contributed by atoms with Gasteiger partial charge < -0.3 is 59.8 Å². The van der Waals surface area contributed by atoms with Gasteiger partial charge in [-0.1, -0.05) is 30.9 Å². The number of aliphatic hydroxyl groups is 5. The van der Waals surface area contributed by atoms with E-state index in [1.807, 2.05) is 23.0 Å². The lowest BCUT2D eigenvalue weighted by Crippen LogP contribution is -2.59. The van der Waals surface area contributed by atoms with Crippen LogP contribution in [0.2, 0.25) is 0 Å². The zero-order valence-electron chi connectivity index (χ0n) is 39.6. The van der Waals surface area contributed by atoms with E-state index >= 15 is 0 Å². The smallest absolute Gasteiger partial charge is 0.226 e. The average molecular weight is 970 g/mol. The molecule has 1 saturated heterocycles. The highest BCUT2D eigenvalue weighted by Gasteiger charge is 2.59. The predicted molar refractivity (Wildman–Crippen MR) is 261 cm³/mol. The molecule has 16 heteroatoms. The number of aromatic nitrogens is 2. The average Bonchev–Trinajstić information content (AvgIpc) is 4.05. The van der Waals surface area contributed by atoms with Crippen molar-refractivity contribution in [3.05, 3.63) is 105 Å². The summed E-state index contributed by atoms with van der Waals surface area (Å²) in [6.07, 6.45) is 3.92. The molecule has 1 saturated carbocycles. The van der Waals surface area contributed by atoms with Gasteiger partial charge in [0.1, 0.15) is 65.2 Å². The molecule has 6 aromatic rings. The summed E-state index contributed by atoms with van der Waals surface area (Å²) in [5.74, 6) is 7.82. The van der Waals surface area contributed by atoms with Crippen LogP contribution in [0.15, 0.2) is 81.8 Å². The number of aliphatic hydroxyl groups excluding tert-OH is 4. The van der Waals surface area contributed by atoms with Gasteiger partial charge in [-0.25, -0.2) is 9.78 Å². The molecule has 71 heavy (non-hydrogen) atoms. The highest BCUT2D eigenvalue weighted by atomic mass is 17.2. The van der Waals surface area contributed by atoms with Crippen LogP contribution in [-0.4, -0.2) is 107 Å². The Labute approximate surface area is 408 Å². The number of nitrogens with one attached hydrogen (secondary N) is 2. The number of carbonyl (C=O) groups is 1. The fourth-order valence-electron chi connectivity index (χ4n) is 12.7. The SMILES string of the molecule is CCc1c2cc[nH]c2cn1-c1c2c(cc3c(=O)cc(C)oc13)C[C@@H](OOC[C@@](O)(Cc1ccc(O)c3ccc(O)cc13)[C@@H](O)[C@H](O)[C@H](O)CO)[C@]1(CC=C3C#CCC4CCC5(CC4)C(=O)NC[C@H]5[C@@H]3C1)O2. The van der Waals surface area contributed by atoms with Crippen molar-refractivity contribution in [1.82, 2.24) is 14.9 Å². The highest BCUT2D eigenvalue weighted by molar-refractivity contribution is 5.93. The maximum atomic E-state index is 14.0. The first-order valence-electron chi connectivity index (χ1n) is 24.7. The number of H-pyrrole nitrogens is 1. The van der Waals surface area contributed by atoms with E-state index in [2.05, 4.69) is 35.1 Å². The van der Waals surface area contributed by atoms with Crippen LogP contribution in [0, 0.1) is 41.9 Å². The zero-order chi connectivity index (χ0) is 49.6. The number of phenols is 2. The third-order valence-corrected chi connectivity index (χ3v) is 16.6. The number of benzene rings is 3. The van der Waals surface area contributed by atoms with Crippen molar-refractivity contribution in [2.24, 2.45) is 23.2 Å². The summed E-state index contributed by atoms with van der Waals surface area (Å²) in [5.41, 5.74) is 0.110. The van der Waals surface area contributed by atoms with Crippen LogP contribution in [0.3, 0.4) is 0 Å². The summed E-state index contributed by atoms with van der Waals surface area (Å²) in [4.78, 5) is 44.0. The van der Waals surface area contributed by atoms with Gasteiger partial charge in [-0.3, -0.25) is 9.59 Å². The molecule has 2 aliphatic heterocycles. The van der Waals surface area contributed by atoms with Crippen molar-refractivity contribution < 1.29 is 59.5 Å². The molecular weight excluding hydrogens is 911 g/mol. The lowest BCUT2D eigenvalue weighted by atomic mass is 9.57. The van der Waals surface area contributed by atoms with Crippen molar-refractivity contribution in [3.63, 3.8) is 0 Å². The summed E-state index contributed by atoms with van der Waals surface area (Å²) in [6, 6.07) is 12.4. The number of allylic oxidation sites excluding steroid dienone is 1. The fourth-order valence-corrected chi connectivity index (χ4v) is 12.7. The molecule has 2 fully saturated rings. The molecule has 2 spiro atoms. The predicted octanol–water partition coefficient (Wildman–Crippen LogP) is 5.21. The van der Waals surface area contributed by atoms with Gasteiger partial charge in [0.15, 0.2) is 16.8 Å².